The third-order valence-electron chi connectivity index (χ3n) is 4.90. The Bertz CT molecular complexity index is 274. The first-order chi connectivity index (χ1) is 8.35. The van der Waals surface area contributed by atoms with E-state index in [0.717, 1.165) is 25.9 Å². The van der Waals surface area contributed by atoms with Gasteiger partial charge in [-0.2, -0.15) is 0 Å². The molecule has 0 aromatic heterocycles. The van der Waals surface area contributed by atoms with E-state index in [4.69, 9.17) is 5.73 Å². The van der Waals surface area contributed by atoms with Gasteiger partial charge >= 0.3 is 0 Å². The topological polar surface area (TPSA) is 49.5 Å². The SMILES string of the molecule is CN(CC1CC(O)C1)CC1CC(C)(C)CCC1N. The van der Waals surface area contributed by atoms with Gasteiger partial charge in [-0.1, -0.05) is 13.8 Å². The summed E-state index contributed by atoms with van der Waals surface area (Å²) in [6.07, 6.45) is 5.65. The Hall–Kier alpha value is -0.120. The highest BCUT2D eigenvalue weighted by Gasteiger charge is 2.34. The van der Waals surface area contributed by atoms with Crippen molar-refractivity contribution in [3.05, 3.63) is 0 Å². The molecular weight excluding hydrogens is 224 g/mol. The number of hydrogen-bond acceptors (Lipinski definition) is 3. The molecule has 2 aliphatic rings. The van der Waals surface area contributed by atoms with Crippen molar-refractivity contribution in [2.75, 3.05) is 20.1 Å². The molecule has 2 atom stereocenters. The third kappa shape index (κ3) is 3.69. The minimum Gasteiger partial charge on any atom is -0.393 e. The van der Waals surface area contributed by atoms with Gasteiger partial charge in [-0.15, -0.1) is 0 Å². The van der Waals surface area contributed by atoms with Gasteiger partial charge in [0.25, 0.3) is 0 Å². The van der Waals surface area contributed by atoms with Crippen LogP contribution >= 0.6 is 0 Å². The van der Waals surface area contributed by atoms with E-state index >= 15 is 0 Å². The summed E-state index contributed by atoms with van der Waals surface area (Å²) in [5.74, 6) is 1.35. The van der Waals surface area contributed by atoms with Crippen molar-refractivity contribution in [1.29, 1.82) is 0 Å². The van der Waals surface area contributed by atoms with E-state index in [1.54, 1.807) is 0 Å². The molecule has 0 heterocycles. The Kier molecular flexibility index (Phi) is 4.35. The van der Waals surface area contributed by atoms with Crippen molar-refractivity contribution in [3.8, 4) is 0 Å². The molecule has 0 aromatic carbocycles. The first-order valence-corrected chi connectivity index (χ1v) is 7.48. The highest BCUT2D eigenvalue weighted by molar-refractivity contribution is 4.89. The zero-order chi connectivity index (χ0) is 13.3. The number of aliphatic hydroxyl groups excluding tert-OH is 1. The van der Waals surface area contributed by atoms with Gasteiger partial charge in [-0.25, -0.2) is 0 Å². The minimum atomic E-state index is -0.0285. The average Bonchev–Trinajstić information content (AvgIpc) is 2.21. The van der Waals surface area contributed by atoms with Gasteiger partial charge < -0.3 is 15.7 Å². The summed E-state index contributed by atoms with van der Waals surface area (Å²) in [7, 11) is 2.21. The van der Waals surface area contributed by atoms with Crippen LogP contribution in [0.25, 0.3) is 0 Å². The lowest BCUT2D eigenvalue weighted by Crippen LogP contribution is -2.46. The Morgan fingerprint density at radius 3 is 2.56 bits per heavy atom. The number of rotatable bonds is 4. The zero-order valence-electron chi connectivity index (χ0n) is 12.2. The second kappa shape index (κ2) is 5.48. The third-order valence-corrected chi connectivity index (χ3v) is 4.90. The Labute approximate surface area is 112 Å². The largest absolute Gasteiger partial charge is 0.393 e. The number of nitrogens with two attached hydrogens (primary N) is 1. The van der Waals surface area contributed by atoms with Gasteiger partial charge in [0.1, 0.15) is 0 Å². The zero-order valence-corrected chi connectivity index (χ0v) is 12.2. The molecule has 3 nitrogen and oxygen atoms in total. The monoisotopic (exact) mass is 254 g/mol. The van der Waals surface area contributed by atoms with Gasteiger partial charge in [0, 0.05) is 19.1 Å². The number of aliphatic hydroxyl groups is 1. The van der Waals surface area contributed by atoms with Crippen molar-refractivity contribution in [2.24, 2.45) is 23.0 Å². The summed E-state index contributed by atoms with van der Waals surface area (Å²) in [5, 5.41) is 9.32. The van der Waals surface area contributed by atoms with E-state index in [0.29, 0.717) is 23.3 Å². The van der Waals surface area contributed by atoms with Crippen molar-refractivity contribution in [3.63, 3.8) is 0 Å². The molecule has 18 heavy (non-hydrogen) atoms. The maximum absolute atomic E-state index is 9.32. The van der Waals surface area contributed by atoms with E-state index < -0.39 is 0 Å². The lowest BCUT2D eigenvalue weighted by atomic mass is 9.70. The molecule has 0 amide bonds. The van der Waals surface area contributed by atoms with Crippen LogP contribution in [0.15, 0.2) is 0 Å². The fourth-order valence-corrected chi connectivity index (χ4v) is 3.72. The Morgan fingerprint density at radius 1 is 1.28 bits per heavy atom. The highest BCUT2D eigenvalue weighted by Crippen LogP contribution is 2.38. The Balaban J connectivity index is 1.76. The molecule has 106 valence electrons. The lowest BCUT2D eigenvalue weighted by molar-refractivity contribution is 0.0226. The fraction of sp³-hybridized carbons (Fsp3) is 1.00. The molecule has 2 fully saturated rings. The van der Waals surface area contributed by atoms with E-state index in [1.165, 1.54) is 19.3 Å². The summed E-state index contributed by atoms with van der Waals surface area (Å²) in [4.78, 5) is 2.43. The van der Waals surface area contributed by atoms with Crippen LogP contribution in [0, 0.1) is 17.3 Å². The molecule has 0 spiro atoms. The molecule has 3 heteroatoms. The van der Waals surface area contributed by atoms with Crippen molar-refractivity contribution >= 4 is 0 Å². The standard InChI is InChI=1S/C15H30N2O/c1-15(2)5-4-14(16)12(8-15)10-17(3)9-11-6-13(18)7-11/h11-14,18H,4-10,16H2,1-3H3. The second-order valence-corrected chi connectivity index (χ2v) is 7.54. The molecule has 2 unspecified atom stereocenters. The van der Waals surface area contributed by atoms with Gasteiger partial charge in [0.2, 0.25) is 0 Å². The van der Waals surface area contributed by atoms with Crippen LogP contribution in [0.5, 0.6) is 0 Å². The molecule has 3 N–H and O–H groups in total. The van der Waals surface area contributed by atoms with Gasteiger partial charge in [-0.05, 0) is 56.4 Å². The molecule has 0 aliphatic heterocycles. The van der Waals surface area contributed by atoms with Gasteiger partial charge in [0.05, 0.1) is 6.10 Å². The molecule has 2 rings (SSSR count). The fourth-order valence-electron chi connectivity index (χ4n) is 3.72. The normalized spacial score (nSPS) is 39.7. The van der Waals surface area contributed by atoms with Crippen LogP contribution < -0.4 is 5.73 Å². The molecule has 2 aliphatic carbocycles. The molecule has 0 radical (unpaired) electrons. The Morgan fingerprint density at radius 2 is 1.94 bits per heavy atom. The van der Waals surface area contributed by atoms with Crippen molar-refractivity contribution < 1.29 is 5.11 Å². The second-order valence-electron chi connectivity index (χ2n) is 7.54. The van der Waals surface area contributed by atoms with Gasteiger partial charge in [0.15, 0.2) is 0 Å². The highest BCUT2D eigenvalue weighted by atomic mass is 16.3. The molecule has 0 aromatic rings. The maximum Gasteiger partial charge on any atom is 0.0546 e. The predicted octanol–water partition coefficient (Wildman–Crippen LogP) is 1.84. The molecule has 2 saturated carbocycles. The molecular formula is C15H30N2O. The van der Waals surface area contributed by atoms with E-state index in [2.05, 4.69) is 25.8 Å². The summed E-state index contributed by atoms with van der Waals surface area (Å²) in [6.45, 7) is 6.99. The van der Waals surface area contributed by atoms with Crippen LogP contribution in [0.3, 0.4) is 0 Å². The van der Waals surface area contributed by atoms with Crippen molar-refractivity contribution in [1.82, 2.24) is 4.90 Å². The lowest BCUT2D eigenvalue weighted by Gasteiger charge is -2.42. The van der Waals surface area contributed by atoms with E-state index in [9.17, 15) is 5.11 Å². The quantitative estimate of drug-likeness (QED) is 0.805. The number of hydrogen-bond donors (Lipinski definition) is 2. The number of nitrogens with zero attached hydrogens (tertiary/aromatic N) is 1. The van der Waals surface area contributed by atoms with Crippen LogP contribution in [0.1, 0.15) is 46.0 Å². The first-order valence-electron chi connectivity index (χ1n) is 7.48. The van der Waals surface area contributed by atoms with Crippen LogP contribution in [-0.4, -0.2) is 42.3 Å². The predicted molar refractivity (Wildman–Crippen MR) is 75.3 cm³/mol. The van der Waals surface area contributed by atoms with E-state index in [-0.39, 0.29) is 6.10 Å². The van der Waals surface area contributed by atoms with Crippen LogP contribution in [0.2, 0.25) is 0 Å². The van der Waals surface area contributed by atoms with E-state index in [1.807, 2.05) is 0 Å². The molecule has 0 saturated heterocycles. The average molecular weight is 254 g/mol. The minimum absolute atomic E-state index is 0.0285. The van der Waals surface area contributed by atoms with Crippen molar-refractivity contribution in [2.45, 2.75) is 58.1 Å². The maximum atomic E-state index is 9.32. The first kappa shape index (κ1) is 14.3. The summed E-state index contributed by atoms with van der Waals surface area (Å²) in [5.41, 5.74) is 6.75. The van der Waals surface area contributed by atoms with Crippen LogP contribution in [-0.2, 0) is 0 Å². The van der Waals surface area contributed by atoms with Gasteiger partial charge in [-0.3, -0.25) is 0 Å². The summed E-state index contributed by atoms with van der Waals surface area (Å²) in [6, 6.07) is 0.382. The molecule has 0 bridgehead atoms. The van der Waals surface area contributed by atoms with Crippen LogP contribution in [0.4, 0.5) is 0 Å². The summed E-state index contributed by atoms with van der Waals surface area (Å²) >= 11 is 0. The summed E-state index contributed by atoms with van der Waals surface area (Å²) < 4.78 is 0. The smallest absolute Gasteiger partial charge is 0.0546 e.